The molecule has 3 rings (SSSR count). The third-order valence-electron chi connectivity index (χ3n) is 3.66. The molecule has 0 aliphatic heterocycles. The third-order valence-corrected chi connectivity index (χ3v) is 4.39. The fraction of sp³-hybridized carbons (Fsp3) is 0.312. The molecule has 1 aromatic heterocycles. The lowest BCUT2D eigenvalue weighted by atomic mass is 10.1. The zero-order valence-corrected chi connectivity index (χ0v) is 12.7. The highest BCUT2D eigenvalue weighted by Crippen LogP contribution is 2.31. The van der Waals surface area contributed by atoms with Crippen LogP contribution in [0.2, 0.25) is 0 Å². The zero-order valence-electron chi connectivity index (χ0n) is 11.9. The van der Waals surface area contributed by atoms with Crippen LogP contribution < -0.4 is 10.5 Å². The molecule has 110 valence electrons. The average molecular weight is 302 g/mol. The van der Waals surface area contributed by atoms with E-state index in [1.807, 2.05) is 10.3 Å². The number of carbonyl (C=O) groups is 1. The highest BCUT2D eigenvalue weighted by molar-refractivity contribution is 7.07. The first kappa shape index (κ1) is 13.9. The van der Waals surface area contributed by atoms with Gasteiger partial charge >= 0.3 is 0 Å². The molecule has 4 nitrogen and oxygen atoms in total. The summed E-state index contributed by atoms with van der Waals surface area (Å²) in [6.07, 6.45) is 2.17. The van der Waals surface area contributed by atoms with Crippen LogP contribution in [-0.2, 0) is 6.54 Å². The van der Waals surface area contributed by atoms with E-state index < -0.39 is 0 Å². The molecule has 2 aromatic rings. The molecule has 0 saturated heterocycles. The number of amides is 1. The summed E-state index contributed by atoms with van der Waals surface area (Å²) in [7, 11) is 1.56. The Hall–Kier alpha value is -2.01. The molecule has 0 bridgehead atoms. The van der Waals surface area contributed by atoms with Gasteiger partial charge in [-0.15, -0.1) is 0 Å². The number of ether oxygens (including phenoxy) is 1. The Kier molecular flexibility index (Phi) is 3.84. The second-order valence-corrected chi connectivity index (χ2v) is 6.03. The first-order chi connectivity index (χ1) is 10.2. The predicted molar refractivity (Wildman–Crippen MR) is 84.6 cm³/mol. The van der Waals surface area contributed by atoms with Gasteiger partial charge in [-0.3, -0.25) is 4.79 Å². The van der Waals surface area contributed by atoms with Crippen molar-refractivity contribution in [3.63, 3.8) is 0 Å². The van der Waals surface area contributed by atoms with Crippen LogP contribution in [-0.4, -0.2) is 24.0 Å². The van der Waals surface area contributed by atoms with E-state index in [-0.39, 0.29) is 5.91 Å². The summed E-state index contributed by atoms with van der Waals surface area (Å²) in [5, 5.41) is 4.13. The Bertz CT molecular complexity index is 636. The molecule has 1 saturated carbocycles. The molecule has 1 fully saturated rings. The molecular formula is C16H18N2O2S. The summed E-state index contributed by atoms with van der Waals surface area (Å²) >= 11 is 1.65. The van der Waals surface area contributed by atoms with Crippen LogP contribution in [0.4, 0.5) is 5.69 Å². The molecule has 1 heterocycles. The molecule has 1 amide bonds. The summed E-state index contributed by atoms with van der Waals surface area (Å²) in [6, 6.07) is 7.64. The second kappa shape index (κ2) is 5.77. The van der Waals surface area contributed by atoms with Gasteiger partial charge in [-0.2, -0.15) is 11.3 Å². The van der Waals surface area contributed by atoms with Crippen LogP contribution in [0, 0.1) is 0 Å². The van der Waals surface area contributed by atoms with Crippen molar-refractivity contribution in [2.24, 2.45) is 0 Å². The van der Waals surface area contributed by atoms with Crippen LogP contribution in [0.3, 0.4) is 0 Å². The van der Waals surface area contributed by atoms with Crippen LogP contribution in [0.15, 0.2) is 35.0 Å². The van der Waals surface area contributed by atoms with Gasteiger partial charge in [0.15, 0.2) is 0 Å². The Labute approximate surface area is 128 Å². The number of benzene rings is 1. The molecule has 1 aliphatic rings. The lowest BCUT2D eigenvalue weighted by Gasteiger charge is -2.22. The van der Waals surface area contributed by atoms with Gasteiger partial charge in [0.2, 0.25) is 0 Å². The Morgan fingerprint density at radius 2 is 2.24 bits per heavy atom. The van der Waals surface area contributed by atoms with Gasteiger partial charge in [-0.25, -0.2) is 0 Å². The molecule has 2 N–H and O–H groups in total. The van der Waals surface area contributed by atoms with E-state index in [4.69, 9.17) is 10.5 Å². The van der Waals surface area contributed by atoms with E-state index in [9.17, 15) is 4.79 Å². The lowest BCUT2D eigenvalue weighted by Crippen LogP contribution is -2.32. The van der Waals surface area contributed by atoms with Crippen molar-refractivity contribution in [2.45, 2.75) is 25.4 Å². The maximum Gasteiger partial charge on any atom is 0.254 e. The topological polar surface area (TPSA) is 55.6 Å². The van der Waals surface area contributed by atoms with Crippen LogP contribution in [0.5, 0.6) is 5.75 Å². The minimum absolute atomic E-state index is 0.0435. The van der Waals surface area contributed by atoms with E-state index in [0.29, 0.717) is 29.6 Å². The monoisotopic (exact) mass is 302 g/mol. The van der Waals surface area contributed by atoms with E-state index in [0.717, 1.165) is 12.8 Å². The summed E-state index contributed by atoms with van der Waals surface area (Å²) in [6.45, 7) is 0.666. The van der Waals surface area contributed by atoms with Crippen molar-refractivity contribution in [3.05, 3.63) is 46.2 Å². The van der Waals surface area contributed by atoms with Gasteiger partial charge in [0.05, 0.1) is 12.8 Å². The lowest BCUT2D eigenvalue weighted by molar-refractivity contribution is 0.0730. The number of rotatable bonds is 5. The van der Waals surface area contributed by atoms with Crippen molar-refractivity contribution < 1.29 is 9.53 Å². The van der Waals surface area contributed by atoms with E-state index in [1.165, 1.54) is 5.56 Å². The number of hydrogen-bond acceptors (Lipinski definition) is 4. The SMILES string of the molecule is COc1cc(C(=O)N(Cc2ccsc2)C2CC2)ccc1N. The Morgan fingerprint density at radius 3 is 2.86 bits per heavy atom. The molecule has 21 heavy (non-hydrogen) atoms. The second-order valence-electron chi connectivity index (χ2n) is 5.25. The maximum absolute atomic E-state index is 12.8. The number of thiophene rings is 1. The zero-order chi connectivity index (χ0) is 14.8. The van der Waals surface area contributed by atoms with E-state index >= 15 is 0 Å². The first-order valence-electron chi connectivity index (χ1n) is 6.94. The van der Waals surface area contributed by atoms with Gasteiger partial charge in [0.1, 0.15) is 5.75 Å². The highest BCUT2D eigenvalue weighted by Gasteiger charge is 2.33. The Balaban J connectivity index is 1.84. The highest BCUT2D eigenvalue weighted by atomic mass is 32.1. The van der Waals surface area contributed by atoms with Gasteiger partial charge in [-0.1, -0.05) is 0 Å². The van der Waals surface area contributed by atoms with Crippen LogP contribution in [0.1, 0.15) is 28.8 Å². The van der Waals surface area contributed by atoms with Gasteiger partial charge in [-0.05, 0) is 53.4 Å². The average Bonchev–Trinajstić information content (AvgIpc) is 3.21. The van der Waals surface area contributed by atoms with Crippen molar-refractivity contribution in [3.8, 4) is 5.75 Å². The molecule has 1 aliphatic carbocycles. The molecule has 5 heteroatoms. The Morgan fingerprint density at radius 1 is 1.43 bits per heavy atom. The van der Waals surface area contributed by atoms with Crippen molar-refractivity contribution >= 4 is 22.9 Å². The van der Waals surface area contributed by atoms with E-state index in [2.05, 4.69) is 11.4 Å². The maximum atomic E-state index is 12.8. The minimum atomic E-state index is 0.0435. The van der Waals surface area contributed by atoms with Crippen molar-refractivity contribution in [1.29, 1.82) is 0 Å². The molecule has 0 radical (unpaired) electrons. The van der Waals surface area contributed by atoms with Crippen LogP contribution in [0.25, 0.3) is 0 Å². The number of carbonyl (C=O) groups excluding carboxylic acids is 1. The number of anilines is 1. The van der Waals surface area contributed by atoms with E-state index in [1.54, 1.807) is 36.6 Å². The van der Waals surface area contributed by atoms with Crippen LogP contribution >= 0.6 is 11.3 Å². The van der Waals surface area contributed by atoms with Crippen molar-refractivity contribution in [2.75, 3.05) is 12.8 Å². The quantitative estimate of drug-likeness (QED) is 0.863. The van der Waals surface area contributed by atoms with Gasteiger partial charge in [0.25, 0.3) is 5.91 Å². The standard InChI is InChI=1S/C16H18N2O2S/c1-20-15-8-12(2-5-14(15)17)16(19)18(13-3-4-13)9-11-6-7-21-10-11/h2,5-8,10,13H,3-4,9,17H2,1H3. The predicted octanol–water partition coefficient (Wildman–Crippen LogP) is 3.14. The van der Waals surface area contributed by atoms with Gasteiger partial charge < -0.3 is 15.4 Å². The largest absolute Gasteiger partial charge is 0.495 e. The molecule has 0 atom stereocenters. The molecule has 1 aromatic carbocycles. The molecule has 0 unspecified atom stereocenters. The summed E-state index contributed by atoms with van der Waals surface area (Å²) in [4.78, 5) is 14.7. The number of nitrogens with two attached hydrogens (primary N) is 1. The third kappa shape index (κ3) is 3.03. The molecular weight excluding hydrogens is 284 g/mol. The summed E-state index contributed by atoms with van der Waals surface area (Å²) in [5.74, 6) is 0.592. The fourth-order valence-corrected chi connectivity index (χ4v) is 3.00. The smallest absolute Gasteiger partial charge is 0.254 e. The number of nitrogens with zero attached hydrogens (tertiary/aromatic N) is 1. The number of hydrogen-bond donors (Lipinski definition) is 1. The van der Waals surface area contributed by atoms with Gasteiger partial charge in [0, 0.05) is 18.2 Å². The summed E-state index contributed by atoms with van der Waals surface area (Å²) in [5.41, 5.74) is 8.17. The first-order valence-corrected chi connectivity index (χ1v) is 7.89. The normalized spacial score (nSPS) is 14.0. The fourth-order valence-electron chi connectivity index (χ4n) is 2.34. The molecule has 0 spiro atoms. The number of nitrogen functional groups attached to an aromatic ring is 1. The summed E-state index contributed by atoms with van der Waals surface area (Å²) < 4.78 is 5.20. The van der Waals surface area contributed by atoms with Crippen molar-refractivity contribution in [1.82, 2.24) is 4.90 Å². The minimum Gasteiger partial charge on any atom is -0.495 e. The number of methoxy groups -OCH3 is 1.